The standard InChI is InChI=1S/C14H13ClN2S2/c1-8-13(14-18-5-6-19-14)9(2)17-12-7-10(15)3-4-11(12)16-8/h3-4,7H,5-6H2,1-2H3. The molecule has 2 aliphatic rings. The smallest absolute Gasteiger partial charge is 0.0904 e. The number of aliphatic imine (C=N–C) groups is 2. The molecule has 0 aliphatic carbocycles. The molecular weight excluding hydrogens is 296 g/mol. The van der Waals surface area contributed by atoms with E-state index in [4.69, 9.17) is 21.6 Å². The number of allylic oxidation sites excluding steroid dienone is 1. The van der Waals surface area contributed by atoms with E-state index in [9.17, 15) is 0 Å². The van der Waals surface area contributed by atoms with E-state index in [0.717, 1.165) is 22.8 Å². The van der Waals surface area contributed by atoms with Gasteiger partial charge in [0.1, 0.15) is 0 Å². The number of rotatable bonds is 0. The quantitative estimate of drug-likeness (QED) is 0.655. The van der Waals surface area contributed by atoms with Crippen molar-refractivity contribution >= 4 is 57.9 Å². The number of halogens is 1. The summed E-state index contributed by atoms with van der Waals surface area (Å²) >= 11 is 9.84. The van der Waals surface area contributed by atoms with Gasteiger partial charge >= 0.3 is 0 Å². The van der Waals surface area contributed by atoms with Crippen LogP contribution in [0.15, 0.2) is 38.0 Å². The Bertz CT molecular complexity index is 624. The number of hydrogen-bond donors (Lipinski definition) is 0. The predicted octanol–water partition coefficient (Wildman–Crippen LogP) is 5.23. The van der Waals surface area contributed by atoms with E-state index in [1.54, 1.807) is 0 Å². The molecule has 0 amide bonds. The van der Waals surface area contributed by atoms with Crippen molar-refractivity contribution in [3.63, 3.8) is 0 Å². The molecule has 19 heavy (non-hydrogen) atoms. The lowest BCUT2D eigenvalue weighted by molar-refractivity contribution is 1.45. The second-order valence-corrected chi connectivity index (χ2v) is 7.29. The van der Waals surface area contributed by atoms with Gasteiger partial charge in [-0.05, 0) is 32.0 Å². The fourth-order valence-corrected chi connectivity index (χ4v) is 5.08. The maximum Gasteiger partial charge on any atom is 0.0904 e. The highest BCUT2D eigenvalue weighted by atomic mass is 35.5. The van der Waals surface area contributed by atoms with Crippen LogP contribution < -0.4 is 0 Å². The number of fused-ring (bicyclic) bond motifs is 1. The van der Waals surface area contributed by atoms with E-state index in [2.05, 4.69) is 13.8 Å². The highest BCUT2D eigenvalue weighted by Crippen LogP contribution is 2.42. The fourth-order valence-electron chi connectivity index (χ4n) is 2.17. The first-order valence-corrected chi connectivity index (χ1v) is 8.41. The zero-order chi connectivity index (χ0) is 13.4. The molecule has 2 nitrogen and oxygen atoms in total. The Kier molecular flexibility index (Phi) is 3.74. The molecule has 1 aromatic rings. The summed E-state index contributed by atoms with van der Waals surface area (Å²) in [4.78, 5) is 9.43. The van der Waals surface area contributed by atoms with Crippen LogP contribution in [0.5, 0.6) is 0 Å². The summed E-state index contributed by atoms with van der Waals surface area (Å²) in [7, 11) is 0. The number of hydrogen-bond acceptors (Lipinski definition) is 4. The van der Waals surface area contributed by atoms with Gasteiger partial charge < -0.3 is 0 Å². The van der Waals surface area contributed by atoms with Crippen molar-refractivity contribution in [3.05, 3.63) is 33.0 Å². The van der Waals surface area contributed by atoms with E-state index in [-0.39, 0.29) is 0 Å². The Hall–Kier alpha value is -0.710. The molecule has 5 heteroatoms. The predicted molar refractivity (Wildman–Crippen MR) is 88.9 cm³/mol. The van der Waals surface area contributed by atoms with Gasteiger partial charge in [0.15, 0.2) is 0 Å². The average Bonchev–Trinajstić information content (AvgIpc) is 2.82. The van der Waals surface area contributed by atoms with Crippen molar-refractivity contribution in [1.82, 2.24) is 0 Å². The van der Waals surface area contributed by atoms with E-state index in [1.165, 1.54) is 21.3 Å². The molecule has 2 heterocycles. The number of nitrogens with zero attached hydrogens (tertiary/aromatic N) is 2. The summed E-state index contributed by atoms with van der Waals surface area (Å²) in [6.45, 7) is 4.11. The number of thioether (sulfide) groups is 2. The van der Waals surface area contributed by atoms with Crippen molar-refractivity contribution in [3.8, 4) is 0 Å². The Morgan fingerprint density at radius 3 is 2.32 bits per heavy atom. The molecule has 1 fully saturated rings. The van der Waals surface area contributed by atoms with Crippen LogP contribution in [0.1, 0.15) is 13.8 Å². The minimum atomic E-state index is 0.698. The summed E-state index contributed by atoms with van der Waals surface area (Å²) in [6, 6.07) is 5.67. The Morgan fingerprint density at radius 2 is 1.63 bits per heavy atom. The molecule has 0 atom stereocenters. The zero-order valence-electron chi connectivity index (χ0n) is 10.7. The molecule has 2 aliphatic heterocycles. The van der Waals surface area contributed by atoms with Crippen LogP contribution in [0.2, 0.25) is 5.02 Å². The van der Waals surface area contributed by atoms with Crippen LogP contribution in [-0.4, -0.2) is 22.9 Å². The van der Waals surface area contributed by atoms with Crippen LogP contribution in [0.25, 0.3) is 0 Å². The molecule has 0 unspecified atom stereocenters. The van der Waals surface area contributed by atoms with Crippen molar-refractivity contribution in [2.75, 3.05) is 11.5 Å². The summed E-state index contributed by atoms with van der Waals surface area (Å²) in [5.41, 5.74) is 5.01. The third kappa shape index (κ3) is 2.62. The van der Waals surface area contributed by atoms with Crippen LogP contribution in [0, 0.1) is 0 Å². The van der Waals surface area contributed by atoms with Gasteiger partial charge in [-0.1, -0.05) is 11.6 Å². The van der Waals surface area contributed by atoms with E-state index in [0.29, 0.717) is 5.02 Å². The molecule has 1 saturated heterocycles. The second-order valence-electron chi connectivity index (χ2n) is 4.39. The first kappa shape index (κ1) is 13.3. The summed E-state index contributed by atoms with van der Waals surface area (Å²) in [5, 5.41) is 0.698. The van der Waals surface area contributed by atoms with Gasteiger partial charge in [-0.25, -0.2) is 0 Å². The van der Waals surface area contributed by atoms with E-state index >= 15 is 0 Å². The van der Waals surface area contributed by atoms with Crippen LogP contribution >= 0.6 is 35.1 Å². The highest BCUT2D eigenvalue weighted by molar-refractivity contribution is 8.25. The lowest BCUT2D eigenvalue weighted by Gasteiger charge is -2.07. The minimum Gasteiger partial charge on any atom is -0.251 e. The topological polar surface area (TPSA) is 24.7 Å². The highest BCUT2D eigenvalue weighted by Gasteiger charge is 2.21. The summed E-state index contributed by atoms with van der Waals surface area (Å²) < 4.78 is 1.35. The zero-order valence-corrected chi connectivity index (χ0v) is 13.1. The first-order chi connectivity index (χ1) is 9.15. The third-order valence-electron chi connectivity index (χ3n) is 2.99. The van der Waals surface area contributed by atoms with Gasteiger partial charge in [-0.3, -0.25) is 9.98 Å². The summed E-state index contributed by atoms with van der Waals surface area (Å²) in [6.07, 6.45) is 0. The van der Waals surface area contributed by atoms with Gasteiger partial charge in [0.25, 0.3) is 0 Å². The maximum atomic E-state index is 6.04. The molecule has 98 valence electrons. The van der Waals surface area contributed by atoms with E-state index in [1.807, 2.05) is 41.7 Å². The lowest BCUT2D eigenvalue weighted by atomic mass is 10.1. The molecular formula is C14H13ClN2S2. The van der Waals surface area contributed by atoms with Gasteiger partial charge in [0.2, 0.25) is 0 Å². The fraction of sp³-hybridized carbons (Fsp3) is 0.286. The van der Waals surface area contributed by atoms with Crippen molar-refractivity contribution in [2.24, 2.45) is 9.98 Å². The van der Waals surface area contributed by atoms with Crippen LogP contribution in [0.4, 0.5) is 11.4 Å². The van der Waals surface area contributed by atoms with Crippen LogP contribution in [-0.2, 0) is 0 Å². The van der Waals surface area contributed by atoms with Gasteiger partial charge in [0.05, 0.1) is 15.6 Å². The lowest BCUT2D eigenvalue weighted by Crippen LogP contribution is -2.07. The Morgan fingerprint density at radius 1 is 1.00 bits per heavy atom. The average molecular weight is 309 g/mol. The normalized spacial score (nSPS) is 18.9. The molecule has 0 saturated carbocycles. The minimum absolute atomic E-state index is 0.698. The molecule has 3 rings (SSSR count). The van der Waals surface area contributed by atoms with Gasteiger partial charge in [-0.15, -0.1) is 23.5 Å². The molecule has 0 radical (unpaired) electrons. The molecule has 0 spiro atoms. The maximum absolute atomic E-state index is 6.04. The summed E-state index contributed by atoms with van der Waals surface area (Å²) in [5.74, 6) is 2.34. The Balaban J connectivity index is 2.19. The van der Waals surface area contributed by atoms with Crippen molar-refractivity contribution in [2.45, 2.75) is 13.8 Å². The monoisotopic (exact) mass is 308 g/mol. The van der Waals surface area contributed by atoms with Crippen LogP contribution in [0.3, 0.4) is 0 Å². The largest absolute Gasteiger partial charge is 0.251 e. The molecule has 0 aromatic heterocycles. The van der Waals surface area contributed by atoms with E-state index < -0.39 is 0 Å². The molecule has 0 bridgehead atoms. The third-order valence-corrected chi connectivity index (χ3v) is 5.94. The Labute approximate surface area is 126 Å². The first-order valence-electron chi connectivity index (χ1n) is 6.06. The SMILES string of the molecule is CC1=Nc2ccc(Cl)cc2N=C(C)C1=C1SCCS1. The second kappa shape index (κ2) is 5.35. The molecule has 1 aromatic carbocycles. The van der Waals surface area contributed by atoms with Crippen molar-refractivity contribution < 1.29 is 0 Å². The van der Waals surface area contributed by atoms with Gasteiger partial charge in [-0.2, -0.15) is 0 Å². The van der Waals surface area contributed by atoms with Crippen molar-refractivity contribution in [1.29, 1.82) is 0 Å². The molecule has 0 N–H and O–H groups in total. The van der Waals surface area contributed by atoms with Gasteiger partial charge in [0, 0.05) is 33.5 Å². The number of benzene rings is 1.